The fraction of sp³-hybridized carbons (Fsp3) is 0.444. The Bertz CT molecular complexity index is 732. The molecule has 1 aliphatic rings. The number of aryl methyl sites for hydroxylation is 1. The van der Waals surface area contributed by atoms with Gasteiger partial charge < -0.3 is 11.1 Å². The summed E-state index contributed by atoms with van der Waals surface area (Å²) < 4.78 is 0. The smallest absolute Gasteiger partial charge is 0.252 e. The summed E-state index contributed by atoms with van der Waals surface area (Å²) in [6.45, 7) is 6.29. The quantitative estimate of drug-likeness (QED) is 0.911. The average molecular weight is 297 g/mol. The number of hydrogen-bond acceptors (Lipinski definition) is 3. The maximum absolute atomic E-state index is 12.7. The number of amides is 1. The molecule has 1 aromatic heterocycles. The Labute approximate surface area is 131 Å². The summed E-state index contributed by atoms with van der Waals surface area (Å²) >= 11 is 0. The summed E-state index contributed by atoms with van der Waals surface area (Å²) in [5, 5.41) is 3.94. The molecule has 3 N–H and O–H groups in total. The highest BCUT2D eigenvalue weighted by Gasteiger charge is 2.28. The van der Waals surface area contributed by atoms with E-state index in [2.05, 4.69) is 5.32 Å². The minimum Gasteiger partial charge on any atom is -0.346 e. The largest absolute Gasteiger partial charge is 0.346 e. The number of nitrogens with two attached hydrogens (primary N) is 1. The van der Waals surface area contributed by atoms with Crippen LogP contribution in [0.4, 0.5) is 0 Å². The topological polar surface area (TPSA) is 68.0 Å². The maximum Gasteiger partial charge on any atom is 0.252 e. The van der Waals surface area contributed by atoms with Crippen molar-refractivity contribution < 1.29 is 4.79 Å². The summed E-state index contributed by atoms with van der Waals surface area (Å²) in [5.74, 6) is 0.440. The third kappa shape index (κ3) is 2.97. The van der Waals surface area contributed by atoms with Crippen molar-refractivity contribution in [2.45, 2.75) is 45.1 Å². The normalized spacial score (nSPS) is 15.1. The molecule has 4 heteroatoms. The molecule has 1 amide bonds. The van der Waals surface area contributed by atoms with Crippen molar-refractivity contribution in [3.05, 3.63) is 41.1 Å². The number of rotatable bonds is 4. The van der Waals surface area contributed by atoms with Crippen molar-refractivity contribution in [2.75, 3.05) is 6.54 Å². The molecule has 0 radical (unpaired) electrons. The van der Waals surface area contributed by atoms with Crippen LogP contribution in [0, 0.1) is 6.92 Å². The first-order valence-corrected chi connectivity index (χ1v) is 7.83. The highest BCUT2D eigenvalue weighted by Crippen LogP contribution is 2.40. The zero-order valence-corrected chi connectivity index (χ0v) is 13.4. The van der Waals surface area contributed by atoms with Crippen LogP contribution in [-0.4, -0.2) is 23.0 Å². The van der Waals surface area contributed by atoms with Gasteiger partial charge in [-0.15, -0.1) is 0 Å². The minimum atomic E-state index is -0.420. The van der Waals surface area contributed by atoms with Crippen LogP contribution < -0.4 is 11.1 Å². The molecule has 1 saturated carbocycles. The second-order valence-corrected chi connectivity index (χ2v) is 6.93. The van der Waals surface area contributed by atoms with Gasteiger partial charge in [0.25, 0.3) is 5.91 Å². The molecule has 3 rings (SSSR count). The number of carbonyl (C=O) groups excluding carboxylic acids is 1. The lowest BCUT2D eigenvalue weighted by Crippen LogP contribution is -2.48. The predicted octanol–water partition coefficient (Wildman–Crippen LogP) is 2.89. The Balaban J connectivity index is 2.09. The first-order valence-electron chi connectivity index (χ1n) is 7.83. The molecule has 1 fully saturated rings. The predicted molar refractivity (Wildman–Crippen MR) is 89.1 cm³/mol. The Morgan fingerprint density at radius 2 is 2.09 bits per heavy atom. The number of pyridine rings is 1. The first-order chi connectivity index (χ1) is 10.4. The molecule has 116 valence electrons. The van der Waals surface area contributed by atoms with Gasteiger partial charge in [0, 0.05) is 29.1 Å². The monoisotopic (exact) mass is 297 g/mol. The van der Waals surface area contributed by atoms with Gasteiger partial charge >= 0.3 is 0 Å². The zero-order valence-electron chi connectivity index (χ0n) is 13.4. The van der Waals surface area contributed by atoms with Crippen LogP contribution in [0.25, 0.3) is 10.9 Å². The fourth-order valence-corrected chi connectivity index (χ4v) is 2.56. The van der Waals surface area contributed by atoms with Crippen molar-refractivity contribution in [3.8, 4) is 0 Å². The third-order valence-corrected chi connectivity index (χ3v) is 4.19. The number of carbonyl (C=O) groups is 1. The molecule has 1 aromatic carbocycles. The van der Waals surface area contributed by atoms with Crippen molar-refractivity contribution in [2.24, 2.45) is 5.73 Å². The van der Waals surface area contributed by atoms with Gasteiger partial charge in [-0.25, -0.2) is 0 Å². The highest BCUT2D eigenvalue weighted by molar-refractivity contribution is 6.06. The molecule has 0 atom stereocenters. The molecule has 0 spiro atoms. The van der Waals surface area contributed by atoms with Gasteiger partial charge in [-0.3, -0.25) is 9.78 Å². The highest BCUT2D eigenvalue weighted by atomic mass is 16.1. The SMILES string of the molecule is Cc1ccc2nc(C3CC3)cc(C(=O)NC(C)(C)CN)c2c1. The van der Waals surface area contributed by atoms with Gasteiger partial charge in [-0.2, -0.15) is 0 Å². The van der Waals surface area contributed by atoms with Gasteiger partial charge in [0.2, 0.25) is 0 Å². The van der Waals surface area contributed by atoms with Crippen LogP contribution >= 0.6 is 0 Å². The summed E-state index contributed by atoms with van der Waals surface area (Å²) in [4.78, 5) is 17.5. The van der Waals surface area contributed by atoms with Gasteiger partial charge in [-0.1, -0.05) is 11.6 Å². The number of nitrogens with zero attached hydrogens (tertiary/aromatic N) is 1. The van der Waals surface area contributed by atoms with Crippen LogP contribution in [0.2, 0.25) is 0 Å². The first kappa shape index (κ1) is 15.0. The van der Waals surface area contributed by atoms with E-state index in [9.17, 15) is 4.79 Å². The second-order valence-electron chi connectivity index (χ2n) is 6.93. The van der Waals surface area contributed by atoms with Crippen molar-refractivity contribution in [1.82, 2.24) is 10.3 Å². The Hall–Kier alpha value is -1.94. The molecule has 0 aliphatic heterocycles. The summed E-state index contributed by atoms with van der Waals surface area (Å²) in [6.07, 6.45) is 2.33. The molecule has 2 aromatic rings. The Morgan fingerprint density at radius 3 is 2.73 bits per heavy atom. The molecule has 0 unspecified atom stereocenters. The minimum absolute atomic E-state index is 0.0737. The molecule has 4 nitrogen and oxygen atoms in total. The van der Waals surface area contributed by atoms with E-state index in [-0.39, 0.29) is 5.91 Å². The van der Waals surface area contributed by atoms with Crippen LogP contribution in [0.5, 0.6) is 0 Å². The summed E-state index contributed by atoms with van der Waals surface area (Å²) in [6, 6.07) is 8.03. The lowest BCUT2D eigenvalue weighted by molar-refractivity contribution is 0.0917. The van der Waals surface area contributed by atoms with Crippen molar-refractivity contribution >= 4 is 16.8 Å². The maximum atomic E-state index is 12.7. The Morgan fingerprint density at radius 1 is 1.36 bits per heavy atom. The number of benzene rings is 1. The van der Waals surface area contributed by atoms with E-state index in [0.717, 1.165) is 22.2 Å². The molecule has 22 heavy (non-hydrogen) atoms. The molecular weight excluding hydrogens is 274 g/mol. The number of aromatic nitrogens is 1. The van der Waals surface area contributed by atoms with Crippen LogP contribution in [0.15, 0.2) is 24.3 Å². The van der Waals surface area contributed by atoms with E-state index in [4.69, 9.17) is 10.7 Å². The van der Waals surface area contributed by atoms with E-state index < -0.39 is 5.54 Å². The lowest BCUT2D eigenvalue weighted by Gasteiger charge is -2.24. The second kappa shape index (κ2) is 5.36. The molecule has 1 heterocycles. The van der Waals surface area contributed by atoms with E-state index in [1.165, 1.54) is 12.8 Å². The molecule has 0 bridgehead atoms. The lowest BCUT2D eigenvalue weighted by atomic mass is 10.0. The van der Waals surface area contributed by atoms with Crippen LogP contribution in [0.1, 0.15) is 54.2 Å². The van der Waals surface area contributed by atoms with E-state index in [0.29, 0.717) is 18.0 Å². The van der Waals surface area contributed by atoms with Crippen molar-refractivity contribution in [1.29, 1.82) is 0 Å². The Kier molecular flexibility index (Phi) is 3.65. The van der Waals surface area contributed by atoms with Crippen molar-refractivity contribution in [3.63, 3.8) is 0 Å². The average Bonchev–Trinajstić information content (AvgIpc) is 3.30. The van der Waals surface area contributed by atoms with E-state index in [1.807, 2.05) is 45.0 Å². The number of hydrogen-bond donors (Lipinski definition) is 2. The molecular formula is C18H23N3O. The summed E-state index contributed by atoms with van der Waals surface area (Å²) in [5.41, 5.74) is 9.07. The van der Waals surface area contributed by atoms with Crippen LogP contribution in [0.3, 0.4) is 0 Å². The fourth-order valence-electron chi connectivity index (χ4n) is 2.56. The summed E-state index contributed by atoms with van der Waals surface area (Å²) in [7, 11) is 0. The van der Waals surface area contributed by atoms with E-state index in [1.54, 1.807) is 0 Å². The van der Waals surface area contributed by atoms with E-state index >= 15 is 0 Å². The number of fused-ring (bicyclic) bond motifs is 1. The molecule has 0 saturated heterocycles. The standard InChI is InChI=1S/C18H23N3O/c1-11-4-7-15-13(8-11)14(9-16(20-15)12-5-6-12)17(22)21-18(2,3)10-19/h4,7-9,12H,5-6,10,19H2,1-3H3,(H,21,22). The zero-order chi connectivity index (χ0) is 15.9. The van der Waals surface area contributed by atoms with Gasteiger partial charge in [0.1, 0.15) is 0 Å². The molecule has 1 aliphatic carbocycles. The van der Waals surface area contributed by atoms with Gasteiger partial charge in [0.15, 0.2) is 0 Å². The number of nitrogens with one attached hydrogen (secondary N) is 1. The van der Waals surface area contributed by atoms with Crippen LogP contribution in [-0.2, 0) is 0 Å². The third-order valence-electron chi connectivity index (χ3n) is 4.19. The van der Waals surface area contributed by atoms with Gasteiger partial charge in [0.05, 0.1) is 11.1 Å². The van der Waals surface area contributed by atoms with Gasteiger partial charge in [-0.05, 0) is 51.8 Å².